The third kappa shape index (κ3) is 8.22. The smallest absolute Gasteiger partial charge is 0.243 e. The van der Waals surface area contributed by atoms with Gasteiger partial charge in [0, 0.05) is 31.5 Å². The van der Waals surface area contributed by atoms with Crippen LogP contribution < -0.4 is 10.1 Å². The number of benzene rings is 3. The van der Waals surface area contributed by atoms with Crippen LogP contribution in [0.4, 0.5) is 4.39 Å². The minimum Gasteiger partial charge on any atom is -0.494 e. The van der Waals surface area contributed by atoms with Crippen LogP contribution >= 0.6 is 0 Å². The molecule has 3 rings (SSSR count). The lowest BCUT2D eigenvalue weighted by atomic mass is 10.0. The summed E-state index contributed by atoms with van der Waals surface area (Å²) < 4.78 is 20.3. The zero-order chi connectivity index (χ0) is 25.8. The Morgan fingerprint density at radius 2 is 1.67 bits per heavy atom. The Hall–Kier alpha value is -3.67. The molecule has 0 radical (unpaired) electrons. The summed E-state index contributed by atoms with van der Waals surface area (Å²) in [7, 11) is 0. The first-order valence-electron chi connectivity index (χ1n) is 12.5. The van der Waals surface area contributed by atoms with Crippen LogP contribution in [-0.2, 0) is 22.6 Å². The third-order valence-electron chi connectivity index (χ3n) is 5.94. The topological polar surface area (TPSA) is 58.6 Å². The highest BCUT2D eigenvalue weighted by atomic mass is 19.1. The number of nitrogens with zero attached hydrogens (tertiary/aromatic N) is 1. The second-order valence-corrected chi connectivity index (χ2v) is 8.87. The molecular weight excluding hydrogens is 455 g/mol. The molecule has 3 aromatic rings. The summed E-state index contributed by atoms with van der Waals surface area (Å²) in [4.78, 5) is 28.3. The first kappa shape index (κ1) is 26.9. The van der Waals surface area contributed by atoms with Gasteiger partial charge in [-0.25, -0.2) is 4.39 Å². The highest BCUT2D eigenvalue weighted by molar-refractivity contribution is 5.88. The summed E-state index contributed by atoms with van der Waals surface area (Å²) >= 11 is 0. The Morgan fingerprint density at radius 3 is 2.36 bits per heavy atom. The third-order valence-corrected chi connectivity index (χ3v) is 5.94. The van der Waals surface area contributed by atoms with Crippen molar-refractivity contribution >= 4 is 11.8 Å². The summed E-state index contributed by atoms with van der Waals surface area (Å²) in [5, 5.41) is 2.93. The van der Waals surface area contributed by atoms with Gasteiger partial charge in [0.05, 0.1) is 6.61 Å². The van der Waals surface area contributed by atoms with Crippen LogP contribution in [-0.4, -0.2) is 35.9 Å². The lowest BCUT2D eigenvalue weighted by molar-refractivity contribution is -0.141. The Balaban J connectivity index is 1.78. The van der Waals surface area contributed by atoms with Gasteiger partial charge in [0.1, 0.15) is 17.6 Å². The number of ether oxygens (including phenoxy) is 1. The maximum Gasteiger partial charge on any atom is 0.243 e. The standard InChI is InChI=1S/C30H35FN2O3/c1-3-19-32-30(35)28(21-24-10-5-4-6-11-24)33(22-25-12-7-8-13-27(25)31)29(34)14-9-20-36-26-17-15-23(2)16-18-26/h4-8,10-13,15-18,28H,3,9,14,19-22H2,1-2H3,(H,32,35). The maximum absolute atomic E-state index is 14.6. The molecule has 0 fully saturated rings. The van der Waals surface area contributed by atoms with E-state index in [1.807, 2.05) is 68.4 Å². The molecule has 190 valence electrons. The van der Waals surface area contributed by atoms with Crippen molar-refractivity contribution in [3.8, 4) is 5.75 Å². The Bertz CT molecular complexity index is 1100. The van der Waals surface area contributed by atoms with Crippen molar-refractivity contribution in [1.82, 2.24) is 10.2 Å². The Morgan fingerprint density at radius 1 is 0.972 bits per heavy atom. The van der Waals surface area contributed by atoms with E-state index in [-0.39, 0.29) is 24.8 Å². The number of aryl methyl sites for hydroxylation is 1. The highest BCUT2D eigenvalue weighted by Crippen LogP contribution is 2.18. The fourth-order valence-electron chi connectivity index (χ4n) is 3.92. The SMILES string of the molecule is CCCNC(=O)C(Cc1ccccc1)N(Cc1ccccc1F)C(=O)CCCOc1ccc(C)cc1. The zero-order valence-electron chi connectivity index (χ0n) is 21.1. The molecular formula is C30H35FN2O3. The van der Waals surface area contributed by atoms with Gasteiger partial charge in [0.25, 0.3) is 0 Å². The van der Waals surface area contributed by atoms with Crippen molar-refractivity contribution in [1.29, 1.82) is 0 Å². The number of halogens is 1. The van der Waals surface area contributed by atoms with Crippen molar-refractivity contribution in [2.24, 2.45) is 0 Å². The number of rotatable bonds is 13. The molecule has 0 aliphatic rings. The van der Waals surface area contributed by atoms with Gasteiger partial charge in [-0.05, 0) is 43.5 Å². The molecule has 1 atom stereocenters. The normalized spacial score (nSPS) is 11.5. The summed E-state index contributed by atoms with van der Waals surface area (Å²) in [6, 6.07) is 22.9. The van der Waals surface area contributed by atoms with E-state index in [0.29, 0.717) is 31.6 Å². The second-order valence-electron chi connectivity index (χ2n) is 8.87. The van der Waals surface area contributed by atoms with E-state index >= 15 is 0 Å². The molecule has 0 aliphatic heterocycles. The molecule has 2 amide bonds. The van der Waals surface area contributed by atoms with E-state index in [9.17, 15) is 14.0 Å². The summed E-state index contributed by atoms with van der Waals surface area (Å²) in [5.41, 5.74) is 2.46. The van der Waals surface area contributed by atoms with Crippen LogP contribution in [0.5, 0.6) is 5.75 Å². The molecule has 5 nitrogen and oxygen atoms in total. The molecule has 0 saturated heterocycles. The van der Waals surface area contributed by atoms with Crippen molar-refractivity contribution < 1.29 is 18.7 Å². The fourth-order valence-corrected chi connectivity index (χ4v) is 3.92. The minimum atomic E-state index is -0.760. The zero-order valence-corrected chi connectivity index (χ0v) is 21.1. The maximum atomic E-state index is 14.6. The fraction of sp³-hybridized carbons (Fsp3) is 0.333. The van der Waals surface area contributed by atoms with E-state index < -0.39 is 11.9 Å². The van der Waals surface area contributed by atoms with Gasteiger partial charge in [0.2, 0.25) is 11.8 Å². The molecule has 3 aromatic carbocycles. The van der Waals surface area contributed by atoms with Gasteiger partial charge in [0.15, 0.2) is 0 Å². The predicted octanol–water partition coefficient (Wildman–Crippen LogP) is 5.46. The largest absolute Gasteiger partial charge is 0.494 e. The van der Waals surface area contributed by atoms with Crippen LogP contribution in [0.3, 0.4) is 0 Å². The van der Waals surface area contributed by atoms with Gasteiger partial charge in [-0.1, -0.05) is 73.2 Å². The highest BCUT2D eigenvalue weighted by Gasteiger charge is 2.30. The van der Waals surface area contributed by atoms with Gasteiger partial charge >= 0.3 is 0 Å². The molecule has 1 N–H and O–H groups in total. The molecule has 0 aliphatic carbocycles. The van der Waals surface area contributed by atoms with E-state index in [4.69, 9.17) is 4.74 Å². The number of hydrogen-bond donors (Lipinski definition) is 1. The number of carbonyl (C=O) groups excluding carboxylic acids is 2. The van der Waals surface area contributed by atoms with Gasteiger partial charge in [-0.3, -0.25) is 9.59 Å². The van der Waals surface area contributed by atoms with Crippen LogP contribution in [0.1, 0.15) is 42.9 Å². The van der Waals surface area contributed by atoms with Gasteiger partial charge in [-0.2, -0.15) is 0 Å². The molecule has 0 aromatic heterocycles. The number of amides is 2. The Labute approximate surface area is 213 Å². The molecule has 0 spiro atoms. The van der Waals surface area contributed by atoms with E-state index in [1.54, 1.807) is 18.2 Å². The first-order valence-corrected chi connectivity index (χ1v) is 12.5. The first-order chi connectivity index (χ1) is 17.5. The van der Waals surface area contributed by atoms with Crippen molar-refractivity contribution in [3.05, 3.63) is 101 Å². The molecule has 0 bridgehead atoms. The van der Waals surface area contributed by atoms with Crippen molar-refractivity contribution in [3.63, 3.8) is 0 Å². The lowest BCUT2D eigenvalue weighted by Gasteiger charge is -2.31. The molecule has 6 heteroatoms. The second kappa shape index (κ2) is 14.0. The number of nitrogens with one attached hydrogen (secondary N) is 1. The molecule has 0 heterocycles. The average molecular weight is 491 g/mol. The lowest BCUT2D eigenvalue weighted by Crippen LogP contribution is -2.50. The van der Waals surface area contributed by atoms with E-state index in [2.05, 4.69) is 5.32 Å². The van der Waals surface area contributed by atoms with Gasteiger partial charge in [-0.15, -0.1) is 0 Å². The Kier molecular flexibility index (Phi) is 10.5. The minimum absolute atomic E-state index is 0.0152. The summed E-state index contributed by atoms with van der Waals surface area (Å²) in [5.74, 6) is -0.0952. The number of carbonyl (C=O) groups is 2. The molecule has 1 unspecified atom stereocenters. The average Bonchev–Trinajstić information content (AvgIpc) is 2.89. The van der Waals surface area contributed by atoms with Gasteiger partial charge < -0.3 is 15.0 Å². The van der Waals surface area contributed by atoms with Crippen LogP contribution in [0, 0.1) is 12.7 Å². The summed E-state index contributed by atoms with van der Waals surface area (Å²) in [6.45, 7) is 4.88. The van der Waals surface area contributed by atoms with E-state index in [0.717, 1.165) is 23.3 Å². The molecule has 36 heavy (non-hydrogen) atoms. The predicted molar refractivity (Wildman–Crippen MR) is 140 cm³/mol. The monoisotopic (exact) mass is 490 g/mol. The van der Waals surface area contributed by atoms with Crippen molar-refractivity contribution in [2.75, 3.05) is 13.2 Å². The summed E-state index contributed by atoms with van der Waals surface area (Å²) in [6.07, 6.45) is 1.79. The van der Waals surface area contributed by atoms with Crippen LogP contribution in [0.25, 0.3) is 0 Å². The van der Waals surface area contributed by atoms with Crippen LogP contribution in [0.2, 0.25) is 0 Å². The quantitative estimate of drug-likeness (QED) is 0.324. The van der Waals surface area contributed by atoms with Crippen molar-refractivity contribution in [2.45, 2.75) is 52.1 Å². The number of hydrogen-bond acceptors (Lipinski definition) is 3. The molecule has 0 saturated carbocycles. The van der Waals surface area contributed by atoms with E-state index in [1.165, 1.54) is 11.0 Å². The van der Waals surface area contributed by atoms with Crippen LogP contribution in [0.15, 0.2) is 78.9 Å².